The van der Waals surface area contributed by atoms with Crippen molar-refractivity contribution in [3.05, 3.63) is 17.0 Å². The van der Waals surface area contributed by atoms with Gasteiger partial charge in [0.15, 0.2) is 0 Å². The first-order chi connectivity index (χ1) is 9.70. The van der Waals surface area contributed by atoms with Gasteiger partial charge in [0, 0.05) is 23.3 Å². The fourth-order valence-electron chi connectivity index (χ4n) is 2.64. The van der Waals surface area contributed by atoms with Gasteiger partial charge < -0.3 is 15.0 Å². The molecule has 0 aromatic carbocycles. The van der Waals surface area contributed by atoms with Crippen molar-refractivity contribution in [2.24, 2.45) is 0 Å². The Morgan fingerprint density at radius 3 is 3.00 bits per heavy atom. The van der Waals surface area contributed by atoms with Crippen LogP contribution in [0.5, 0.6) is 0 Å². The SMILES string of the molecule is CCCCO[C@H]1C[C@@H](n2cc(Br)c3c(N)ncnc32)C1. The summed E-state index contributed by atoms with van der Waals surface area (Å²) < 4.78 is 8.98. The van der Waals surface area contributed by atoms with Gasteiger partial charge in [0.25, 0.3) is 0 Å². The van der Waals surface area contributed by atoms with E-state index in [0.717, 1.165) is 41.4 Å². The number of fused-ring (bicyclic) bond motifs is 1. The van der Waals surface area contributed by atoms with Gasteiger partial charge in [0.2, 0.25) is 0 Å². The van der Waals surface area contributed by atoms with Crippen LogP contribution in [0.4, 0.5) is 5.82 Å². The monoisotopic (exact) mass is 338 g/mol. The van der Waals surface area contributed by atoms with E-state index in [1.54, 1.807) is 0 Å². The summed E-state index contributed by atoms with van der Waals surface area (Å²) in [6.45, 7) is 3.06. The summed E-state index contributed by atoms with van der Waals surface area (Å²) in [4.78, 5) is 8.42. The first-order valence-electron chi connectivity index (χ1n) is 7.08. The second kappa shape index (κ2) is 5.69. The van der Waals surface area contributed by atoms with E-state index in [-0.39, 0.29) is 0 Å². The number of nitrogen functional groups attached to an aromatic ring is 1. The zero-order chi connectivity index (χ0) is 14.1. The van der Waals surface area contributed by atoms with Crippen LogP contribution in [0.1, 0.15) is 38.6 Å². The third-order valence-electron chi connectivity index (χ3n) is 3.91. The molecule has 0 bridgehead atoms. The van der Waals surface area contributed by atoms with Crippen molar-refractivity contribution in [1.29, 1.82) is 0 Å². The van der Waals surface area contributed by atoms with Crippen molar-refractivity contribution < 1.29 is 4.74 Å². The molecule has 0 aliphatic heterocycles. The summed E-state index contributed by atoms with van der Waals surface area (Å²) in [5, 5.41) is 0.905. The largest absolute Gasteiger partial charge is 0.383 e. The summed E-state index contributed by atoms with van der Waals surface area (Å²) in [5.74, 6) is 0.524. The van der Waals surface area contributed by atoms with Crippen LogP contribution in [0.15, 0.2) is 17.0 Å². The van der Waals surface area contributed by atoms with Gasteiger partial charge >= 0.3 is 0 Å². The van der Waals surface area contributed by atoms with Gasteiger partial charge in [0.05, 0.1) is 11.5 Å². The molecule has 1 aliphatic rings. The van der Waals surface area contributed by atoms with Gasteiger partial charge in [-0.15, -0.1) is 0 Å². The van der Waals surface area contributed by atoms with E-state index in [4.69, 9.17) is 10.5 Å². The quantitative estimate of drug-likeness (QED) is 0.849. The maximum Gasteiger partial charge on any atom is 0.146 e. The minimum absolute atomic E-state index is 0.391. The number of halogens is 1. The molecule has 6 heteroatoms. The number of rotatable bonds is 5. The zero-order valence-electron chi connectivity index (χ0n) is 11.6. The van der Waals surface area contributed by atoms with Crippen LogP contribution in [-0.4, -0.2) is 27.2 Å². The third kappa shape index (κ3) is 2.42. The van der Waals surface area contributed by atoms with Crippen LogP contribution in [0.25, 0.3) is 11.0 Å². The average Bonchev–Trinajstić information content (AvgIpc) is 2.71. The fourth-order valence-corrected chi connectivity index (χ4v) is 3.24. The molecule has 1 aliphatic carbocycles. The van der Waals surface area contributed by atoms with Gasteiger partial charge in [-0.25, -0.2) is 9.97 Å². The number of aromatic nitrogens is 3. The third-order valence-corrected chi connectivity index (χ3v) is 4.51. The van der Waals surface area contributed by atoms with E-state index >= 15 is 0 Å². The average molecular weight is 339 g/mol. The lowest BCUT2D eigenvalue weighted by Gasteiger charge is -2.36. The molecular weight excluding hydrogens is 320 g/mol. The fraction of sp³-hybridized carbons (Fsp3) is 0.571. The molecule has 3 rings (SSSR count). The lowest BCUT2D eigenvalue weighted by Crippen LogP contribution is -2.33. The highest BCUT2D eigenvalue weighted by molar-refractivity contribution is 9.10. The molecule has 5 nitrogen and oxygen atoms in total. The van der Waals surface area contributed by atoms with Crippen LogP contribution in [0.2, 0.25) is 0 Å². The second-order valence-corrected chi connectivity index (χ2v) is 6.17. The number of nitrogens with zero attached hydrogens (tertiary/aromatic N) is 3. The van der Waals surface area contributed by atoms with Crippen molar-refractivity contribution in [3.8, 4) is 0 Å². The minimum atomic E-state index is 0.391. The summed E-state index contributed by atoms with van der Waals surface area (Å²) in [6, 6.07) is 0.449. The lowest BCUT2D eigenvalue weighted by atomic mass is 9.89. The van der Waals surface area contributed by atoms with Crippen LogP contribution < -0.4 is 5.73 Å². The minimum Gasteiger partial charge on any atom is -0.383 e. The summed E-state index contributed by atoms with van der Waals surface area (Å²) in [6.07, 6.45) is 8.39. The Morgan fingerprint density at radius 2 is 2.25 bits per heavy atom. The van der Waals surface area contributed by atoms with E-state index < -0.39 is 0 Å². The molecule has 2 heterocycles. The molecule has 1 saturated carbocycles. The molecule has 0 unspecified atom stereocenters. The van der Waals surface area contributed by atoms with E-state index in [2.05, 4.69) is 43.6 Å². The Kier molecular flexibility index (Phi) is 3.94. The molecule has 2 aromatic rings. The van der Waals surface area contributed by atoms with Gasteiger partial charge in [0.1, 0.15) is 17.8 Å². The maximum atomic E-state index is 5.92. The molecule has 0 amide bonds. The van der Waals surface area contributed by atoms with E-state index in [1.807, 2.05) is 0 Å². The predicted molar refractivity (Wildman–Crippen MR) is 82.6 cm³/mol. The van der Waals surface area contributed by atoms with E-state index in [1.165, 1.54) is 12.7 Å². The second-order valence-electron chi connectivity index (χ2n) is 5.31. The van der Waals surface area contributed by atoms with Crippen LogP contribution in [-0.2, 0) is 4.74 Å². The molecule has 0 atom stereocenters. The molecule has 20 heavy (non-hydrogen) atoms. The van der Waals surface area contributed by atoms with Crippen LogP contribution in [0.3, 0.4) is 0 Å². The lowest BCUT2D eigenvalue weighted by molar-refractivity contribution is -0.0259. The summed E-state index contributed by atoms with van der Waals surface area (Å²) in [7, 11) is 0. The molecular formula is C14H19BrN4O. The topological polar surface area (TPSA) is 66.0 Å². The molecule has 0 radical (unpaired) electrons. The Bertz CT molecular complexity index is 606. The van der Waals surface area contributed by atoms with Crippen LogP contribution in [0, 0.1) is 0 Å². The van der Waals surface area contributed by atoms with Crippen molar-refractivity contribution in [3.63, 3.8) is 0 Å². The van der Waals surface area contributed by atoms with Crippen LogP contribution >= 0.6 is 15.9 Å². The first-order valence-corrected chi connectivity index (χ1v) is 7.88. The highest BCUT2D eigenvalue weighted by Gasteiger charge is 2.32. The predicted octanol–water partition coefficient (Wildman–Crippen LogP) is 3.30. The van der Waals surface area contributed by atoms with Gasteiger partial charge in [-0.05, 0) is 35.2 Å². The normalized spacial score (nSPS) is 22.1. The molecule has 2 aromatic heterocycles. The standard InChI is InChI=1S/C14H19BrN4O/c1-2-3-4-20-10-5-9(6-10)19-7-11(15)12-13(16)17-8-18-14(12)19/h7-10H,2-6H2,1H3,(H2,16,17,18)/t9-,10+. The Morgan fingerprint density at radius 1 is 1.45 bits per heavy atom. The number of nitrogens with two attached hydrogens (primary N) is 1. The first kappa shape index (κ1) is 13.8. The summed E-state index contributed by atoms with van der Waals surface area (Å²) in [5.41, 5.74) is 6.82. The molecule has 108 valence electrons. The number of hydrogen-bond donors (Lipinski definition) is 1. The van der Waals surface area contributed by atoms with Crippen molar-refractivity contribution in [2.45, 2.75) is 44.8 Å². The molecule has 0 spiro atoms. The van der Waals surface area contributed by atoms with Gasteiger partial charge in [-0.3, -0.25) is 0 Å². The van der Waals surface area contributed by atoms with Gasteiger partial charge in [-0.2, -0.15) is 0 Å². The van der Waals surface area contributed by atoms with Crippen molar-refractivity contribution in [1.82, 2.24) is 14.5 Å². The number of ether oxygens (including phenoxy) is 1. The number of hydrogen-bond acceptors (Lipinski definition) is 4. The highest BCUT2D eigenvalue weighted by Crippen LogP contribution is 2.39. The van der Waals surface area contributed by atoms with Gasteiger partial charge in [-0.1, -0.05) is 13.3 Å². The smallest absolute Gasteiger partial charge is 0.146 e. The molecule has 1 fully saturated rings. The number of anilines is 1. The van der Waals surface area contributed by atoms with Crippen molar-refractivity contribution >= 4 is 32.8 Å². The van der Waals surface area contributed by atoms with E-state index in [9.17, 15) is 0 Å². The molecule has 2 N–H and O–H groups in total. The maximum absolute atomic E-state index is 5.92. The Balaban J connectivity index is 1.72. The number of unbranched alkanes of at least 4 members (excludes halogenated alkanes) is 1. The van der Waals surface area contributed by atoms with E-state index in [0.29, 0.717) is 18.0 Å². The summed E-state index contributed by atoms with van der Waals surface area (Å²) >= 11 is 3.54. The zero-order valence-corrected chi connectivity index (χ0v) is 13.1. The highest BCUT2D eigenvalue weighted by atomic mass is 79.9. The Labute approximate surface area is 126 Å². The van der Waals surface area contributed by atoms with Crippen molar-refractivity contribution in [2.75, 3.05) is 12.3 Å². The molecule has 0 saturated heterocycles. The Hall–Kier alpha value is -1.14.